The van der Waals surface area contributed by atoms with Gasteiger partial charge in [-0.25, -0.2) is 14.4 Å². The highest BCUT2D eigenvalue weighted by Crippen LogP contribution is 2.35. The second-order valence-corrected chi connectivity index (χ2v) is 9.28. The van der Waals surface area contributed by atoms with Gasteiger partial charge in [0.25, 0.3) is 0 Å². The number of likely N-dealkylation sites (N-methyl/N-ethyl adjacent to an activating group) is 1. The number of carbonyl (C=O) groups excluding carboxylic acids is 1. The molecule has 4 rings (SSSR count). The summed E-state index contributed by atoms with van der Waals surface area (Å²) in [5.41, 5.74) is 1.66. The molecule has 0 unspecified atom stereocenters. The molecule has 2 aromatic carbocycles. The third-order valence-corrected chi connectivity index (χ3v) is 6.19. The Hall–Kier alpha value is -3.27. The number of amides is 1. The van der Waals surface area contributed by atoms with Crippen LogP contribution >= 0.6 is 11.6 Å². The van der Waals surface area contributed by atoms with Crippen LogP contribution in [-0.4, -0.2) is 59.7 Å². The average molecular weight is 514 g/mol. The quantitative estimate of drug-likeness (QED) is 0.382. The van der Waals surface area contributed by atoms with E-state index in [9.17, 15) is 9.18 Å². The van der Waals surface area contributed by atoms with Crippen LogP contribution in [0.15, 0.2) is 48.8 Å². The molecule has 1 aliphatic rings. The first-order valence-electron chi connectivity index (χ1n) is 11.7. The number of aromatic nitrogens is 2. The van der Waals surface area contributed by atoms with Crippen molar-refractivity contribution in [3.63, 3.8) is 0 Å². The number of nitrogens with zero attached hydrogens (tertiary/aromatic N) is 3. The van der Waals surface area contributed by atoms with E-state index in [4.69, 9.17) is 21.1 Å². The molecule has 1 atom stereocenters. The van der Waals surface area contributed by atoms with Crippen molar-refractivity contribution in [1.82, 2.24) is 14.9 Å². The molecule has 0 saturated carbocycles. The molecule has 190 valence electrons. The van der Waals surface area contributed by atoms with Crippen molar-refractivity contribution in [2.75, 3.05) is 37.4 Å². The molecule has 8 nitrogen and oxygen atoms in total. The Morgan fingerprint density at radius 3 is 2.89 bits per heavy atom. The second-order valence-electron chi connectivity index (χ2n) is 8.87. The number of benzene rings is 2. The normalized spacial score (nSPS) is 15.8. The molecule has 1 fully saturated rings. The fraction of sp³-hybridized carbons (Fsp3) is 0.346. The van der Waals surface area contributed by atoms with Crippen LogP contribution in [0.25, 0.3) is 10.9 Å². The third kappa shape index (κ3) is 6.48. The zero-order chi connectivity index (χ0) is 25.7. The largest absolute Gasteiger partial charge is 0.486 e. The number of hydrogen-bond acceptors (Lipinski definition) is 7. The zero-order valence-electron chi connectivity index (χ0n) is 20.4. The van der Waals surface area contributed by atoms with Gasteiger partial charge < -0.3 is 25.0 Å². The summed E-state index contributed by atoms with van der Waals surface area (Å²) in [4.78, 5) is 23.6. The maximum absolute atomic E-state index is 13.6. The number of ether oxygens (including phenoxy) is 2. The number of nitrogens with one attached hydrogen (secondary N) is 2. The van der Waals surface area contributed by atoms with E-state index in [0.717, 1.165) is 6.42 Å². The Kier molecular flexibility index (Phi) is 8.35. The number of halogens is 2. The topological polar surface area (TPSA) is 88.6 Å². The van der Waals surface area contributed by atoms with E-state index in [0.29, 0.717) is 59.6 Å². The lowest BCUT2D eigenvalue weighted by Gasteiger charge is -2.19. The predicted octanol–water partition coefficient (Wildman–Crippen LogP) is 5.17. The van der Waals surface area contributed by atoms with Gasteiger partial charge in [-0.05, 0) is 45.2 Å². The Morgan fingerprint density at radius 1 is 1.33 bits per heavy atom. The lowest BCUT2D eigenvalue weighted by atomic mass is 10.1. The minimum atomic E-state index is -0.509. The van der Waals surface area contributed by atoms with Gasteiger partial charge in [-0.2, -0.15) is 0 Å². The molecule has 0 aliphatic carbocycles. The number of hydrogen-bond donors (Lipinski definition) is 2. The summed E-state index contributed by atoms with van der Waals surface area (Å²) in [6.45, 7) is 5.94. The fourth-order valence-electron chi connectivity index (χ4n) is 3.59. The number of carbonyl (C=O) groups is 1. The molecule has 0 radical (unpaired) electrons. The SMILES string of the molecule is CC(C)N(C)CC=CC(=O)Nc1cc2c(Nc3ccc(F)c(Cl)c3)ncnc2cc1O[C@H]1CCOC1. The first-order valence-corrected chi connectivity index (χ1v) is 12.1. The molecule has 36 heavy (non-hydrogen) atoms. The Bertz CT molecular complexity index is 1260. The fourth-order valence-corrected chi connectivity index (χ4v) is 3.77. The van der Waals surface area contributed by atoms with Crippen molar-refractivity contribution in [3.05, 3.63) is 59.7 Å². The van der Waals surface area contributed by atoms with Crippen LogP contribution in [0.1, 0.15) is 20.3 Å². The van der Waals surface area contributed by atoms with E-state index >= 15 is 0 Å². The molecule has 1 amide bonds. The van der Waals surface area contributed by atoms with Gasteiger partial charge in [0.2, 0.25) is 5.91 Å². The summed E-state index contributed by atoms with van der Waals surface area (Å²) < 4.78 is 25.2. The van der Waals surface area contributed by atoms with E-state index in [1.165, 1.54) is 24.5 Å². The van der Waals surface area contributed by atoms with Crippen LogP contribution in [0.2, 0.25) is 5.02 Å². The first-order chi connectivity index (χ1) is 17.3. The molecule has 1 aliphatic heterocycles. The van der Waals surface area contributed by atoms with Gasteiger partial charge in [0.1, 0.15) is 29.8 Å². The molecule has 1 saturated heterocycles. The maximum atomic E-state index is 13.6. The minimum Gasteiger partial charge on any atom is -0.486 e. The van der Waals surface area contributed by atoms with Gasteiger partial charge in [-0.3, -0.25) is 4.79 Å². The highest BCUT2D eigenvalue weighted by atomic mass is 35.5. The van der Waals surface area contributed by atoms with Crippen molar-refractivity contribution >= 4 is 45.6 Å². The van der Waals surface area contributed by atoms with Crippen LogP contribution < -0.4 is 15.4 Å². The number of fused-ring (bicyclic) bond motifs is 1. The summed E-state index contributed by atoms with van der Waals surface area (Å²) in [5.74, 6) is 0.178. The molecule has 1 aromatic heterocycles. The molecule has 10 heteroatoms. The molecule has 2 N–H and O–H groups in total. The van der Waals surface area contributed by atoms with Crippen LogP contribution in [0, 0.1) is 5.82 Å². The third-order valence-electron chi connectivity index (χ3n) is 5.90. The Morgan fingerprint density at radius 2 is 2.17 bits per heavy atom. The summed E-state index contributed by atoms with van der Waals surface area (Å²) in [5, 5.41) is 6.71. The van der Waals surface area contributed by atoms with Crippen molar-refractivity contribution in [2.24, 2.45) is 0 Å². The maximum Gasteiger partial charge on any atom is 0.248 e. The van der Waals surface area contributed by atoms with E-state index in [2.05, 4.69) is 39.3 Å². The van der Waals surface area contributed by atoms with E-state index in [-0.39, 0.29) is 17.0 Å². The predicted molar refractivity (Wildman–Crippen MR) is 140 cm³/mol. The van der Waals surface area contributed by atoms with Crippen LogP contribution in [0.5, 0.6) is 5.75 Å². The van der Waals surface area contributed by atoms with E-state index in [1.807, 2.05) is 13.1 Å². The van der Waals surface area contributed by atoms with Gasteiger partial charge in [0.05, 0.1) is 29.4 Å². The highest BCUT2D eigenvalue weighted by molar-refractivity contribution is 6.31. The molecule has 3 aromatic rings. The van der Waals surface area contributed by atoms with Crippen LogP contribution in [0.3, 0.4) is 0 Å². The van der Waals surface area contributed by atoms with Crippen molar-refractivity contribution in [1.29, 1.82) is 0 Å². The standard InChI is InChI=1S/C26H29ClFN5O3/c1-16(2)33(3)9-4-5-25(34)32-23-12-19-22(13-24(23)36-18-8-10-35-14-18)29-15-30-26(19)31-17-6-7-21(28)20(27)11-17/h4-7,11-13,15-16,18H,8-10,14H2,1-3H3,(H,32,34)(H,29,30,31)/t18-/m0/s1. The Balaban J connectivity index is 1.64. The molecule has 2 heterocycles. The van der Waals surface area contributed by atoms with E-state index < -0.39 is 5.82 Å². The number of anilines is 3. The molecular weight excluding hydrogens is 485 g/mol. The summed E-state index contributed by atoms with van der Waals surface area (Å²) >= 11 is 5.93. The van der Waals surface area contributed by atoms with Crippen molar-refractivity contribution in [3.8, 4) is 5.75 Å². The van der Waals surface area contributed by atoms with Gasteiger partial charge in [0.15, 0.2) is 0 Å². The summed E-state index contributed by atoms with van der Waals surface area (Å²) in [6.07, 6.45) is 5.39. The average Bonchev–Trinajstić information content (AvgIpc) is 3.35. The highest BCUT2D eigenvalue weighted by Gasteiger charge is 2.21. The molecule has 0 bridgehead atoms. The van der Waals surface area contributed by atoms with E-state index in [1.54, 1.807) is 18.2 Å². The Labute approximate surface area is 214 Å². The van der Waals surface area contributed by atoms with Crippen LogP contribution in [-0.2, 0) is 9.53 Å². The smallest absolute Gasteiger partial charge is 0.248 e. The zero-order valence-corrected chi connectivity index (χ0v) is 21.2. The molecular formula is C26H29ClFN5O3. The van der Waals surface area contributed by atoms with Crippen LogP contribution in [0.4, 0.5) is 21.6 Å². The summed E-state index contributed by atoms with van der Waals surface area (Å²) in [6, 6.07) is 8.22. The monoisotopic (exact) mass is 513 g/mol. The first kappa shape index (κ1) is 25.8. The van der Waals surface area contributed by atoms with Crippen molar-refractivity contribution in [2.45, 2.75) is 32.4 Å². The van der Waals surface area contributed by atoms with Gasteiger partial charge in [-0.1, -0.05) is 17.7 Å². The second kappa shape index (κ2) is 11.6. The van der Waals surface area contributed by atoms with Gasteiger partial charge in [-0.15, -0.1) is 0 Å². The molecule has 0 spiro atoms. The van der Waals surface area contributed by atoms with Crippen molar-refractivity contribution < 1.29 is 18.7 Å². The van der Waals surface area contributed by atoms with Gasteiger partial charge >= 0.3 is 0 Å². The lowest BCUT2D eigenvalue weighted by Crippen LogP contribution is -2.26. The minimum absolute atomic E-state index is 0.00400. The van der Waals surface area contributed by atoms with Gasteiger partial charge in [0, 0.05) is 42.2 Å². The number of rotatable bonds is 9. The summed E-state index contributed by atoms with van der Waals surface area (Å²) in [7, 11) is 1.99. The lowest BCUT2D eigenvalue weighted by molar-refractivity contribution is -0.111.